The molecule has 3 aromatic carbocycles. The van der Waals surface area contributed by atoms with Crippen molar-refractivity contribution in [2.24, 2.45) is 5.92 Å². The number of hydrogen-bond donors (Lipinski definition) is 1. The molecule has 1 heterocycles. The number of rotatable bonds is 4. The number of nitrogens with zero attached hydrogens (tertiary/aromatic N) is 1. The molecular formula is C24H22N2O5S. The van der Waals surface area contributed by atoms with Crippen molar-refractivity contribution < 1.29 is 17.8 Å². The highest BCUT2D eigenvalue weighted by molar-refractivity contribution is 7.92. The first kappa shape index (κ1) is 20.5. The summed E-state index contributed by atoms with van der Waals surface area (Å²) in [5.74, 6) is 1.50. The molecule has 1 N–H and O–H groups in total. The van der Waals surface area contributed by atoms with Crippen molar-refractivity contribution >= 4 is 43.1 Å². The molecule has 1 atom stereocenters. The normalized spacial score (nSPS) is 16.2. The van der Waals surface area contributed by atoms with Crippen LogP contribution in [0, 0.1) is 23.0 Å². The van der Waals surface area contributed by atoms with Gasteiger partial charge < -0.3 is 4.42 Å². The van der Waals surface area contributed by atoms with Gasteiger partial charge in [0.2, 0.25) is 0 Å². The highest BCUT2D eigenvalue weighted by Crippen LogP contribution is 2.41. The molecule has 0 radical (unpaired) electrons. The summed E-state index contributed by atoms with van der Waals surface area (Å²) in [4.78, 5) is 10.6. The number of aryl methyl sites for hydroxylation is 2. The lowest BCUT2D eigenvalue weighted by atomic mass is 9.87. The van der Waals surface area contributed by atoms with Gasteiger partial charge in [0, 0.05) is 39.8 Å². The average molecular weight is 451 g/mol. The molecule has 0 saturated carbocycles. The van der Waals surface area contributed by atoms with Crippen molar-refractivity contribution in [2.75, 3.05) is 4.72 Å². The van der Waals surface area contributed by atoms with E-state index in [9.17, 15) is 18.5 Å². The Morgan fingerprint density at radius 3 is 2.59 bits per heavy atom. The van der Waals surface area contributed by atoms with E-state index in [0.29, 0.717) is 22.6 Å². The van der Waals surface area contributed by atoms with Gasteiger partial charge in [0.05, 0.1) is 15.5 Å². The number of hydrogen-bond acceptors (Lipinski definition) is 5. The maximum Gasteiger partial charge on any atom is 0.273 e. The van der Waals surface area contributed by atoms with Crippen LogP contribution in [0.3, 0.4) is 0 Å². The van der Waals surface area contributed by atoms with Gasteiger partial charge in [-0.2, -0.15) is 0 Å². The lowest BCUT2D eigenvalue weighted by Gasteiger charge is -2.17. The fourth-order valence-electron chi connectivity index (χ4n) is 4.51. The number of benzene rings is 3. The quantitative estimate of drug-likeness (QED) is 0.316. The van der Waals surface area contributed by atoms with Gasteiger partial charge in [-0.1, -0.05) is 37.3 Å². The first-order valence-electron chi connectivity index (χ1n) is 10.5. The third kappa shape index (κ3) is 3.31. The summed E-state index contributed by atoms with van der Waals surface area (Å²) in [7, 11) is -4.05. The van der Waals surface area contributed by atoms with Crippen LogP contribution in [-0.4, -0.2) is 13.3 Å². The number of fused-ring (bicyclic) bond motifs is 5. The van der Waals surface area contributed by atoms with E-state index in [1.54, 1.807) is 6.92 Å². The van der Waals surface area contributed by atoms with Crippen LogP contribution in [0.2, 0.25) is 0 Å². The molecule has 7 nitrogen and oxygen atoms in total. The second-order valence-electron chi connectivity index (χ2n) is 8.51. The Bertz CT molecular complexity index is 1500. The van der Waals surface area contributed by atoms with E-state index in [1.165, 1.54) is 12.1 Å². The zero-order chi connectivity index (χ0) is 22.6. The van der Waals surface area contributed by atoms with Crippen molar-refractivity contribution in [1.82, 2.24) is 0 Å². The molecule has 32 heavy (non-hydrogen) atoms. The molecule has 0 saturated heterocycles. The lowest BCUT2D eigenvalue weighted by Crippen LogP contribution is -2.14. The fourth-order valence-corrected chi connectivity index (χ4v) is 5.60. The molecule has 0 unspecified atom stereocenters. The smallest absolute Gasteiger partial charge is 0.273 e. The number of furan rings is 1. The van der Waals surface area contributed by atoms with Crippen LogP contribution in [0.25, 0.3) is 21.7 Å². The van der Waals surface area contributed by atoms with Crippen LogP contribution in [0.5, 0.6) is 0 Å². The Morgan fingerprint density at radius 2 is 1.84 bits per heavy atom. The van der Waals surface area contributed by atoms with E-state index in [4.69, 9.17) is 4.42 Å². The summed E-state index contributed by atoms with van der Waals surface area (Å²) in [5.41, 5.74) is 2.51. The predicted octanol–water partition coefficient (Wildman–Crippen LogP) is 5.73. The number of nitro groups is 1. The van der Waals surface area contributed by atoms with E-state index in [-0.39, 0.29) is 10.6 Å². The molecule has 1 aliphatic rings. The van der Waals surface area contributed by atoms with Crippen molar-refractivity contribution in [2.45, 2.75) is 38.0 Å². The van der Waals surface area contributed by atoms with Crippen molar-refractivity contribution in [3.8, 4) is 0 Å². The molecule has 1 aromatic heterocycles. The minimum Gasteiger partial charge on any atom is -0.460 e. The molecule has 1 aliphatic carbocycles. The molecular weight excluding hydrogens is 428 g/mol. The second kappa shape index (κ2) is 7.34. The van der Waals surface area contributed by atoms with Gasteiger partial charge in [0.15, 0.2) is 0 Å². The number of anilines is 1. The molecule has 8 heteroatoms. The number of sulfonamides is 1. The van der Waals surface area contributed by atoms with Crippen LogP contribution < -0.4 is 4.72 Å². The molecule has 0 aliphatic heterocycles. The van der Waals surface area contributed by atoms with Gasteiger partial charge in [-0.05, 0) is 37.8 Å². The highest BCUT2D eigenvalue weighted by atomic mass is 32.2. The maximum absolute atomic E-state index is 13.2. The van der Waals surface area contributed by atoms with Gasteiger partial charge in [-0.15, -0.1) is 0 Å². The Morgan fingerprint density at radius 1 is 1.09 bits per heavy atom. The maximum atomic E-state index is 13.2. The zero-order valence-electron chi connectivity index (χ0n) is 17.7. The average Bonchev–Trinajstić information content (AvgIpc) is 3.11. The molecule has 0 bridgehead atoms. The van der Waals surface area contributed by atoms with Crippen molar-refractivity contribution in [3.05, 3.63) is 75.5 Å². The van der Waals surface area contributed by atoms with Crippen LogP contribution >= 0.6 is 0 Å². The summed E-state index contributed by atoms with van der Waals surface area (Å²) in [6, 6.07) is 13.3. The summed E-state index contributed by atoms with van der Waals surface area (Å²) in [6.45, 7) is 3.78. The third-order valence-corrected chi connectivity index (χ3v) is 7.59. The van der Waals surface area contributed by atoms with Crippen LogP contribution in [0.1, 0.15) is 30.2 Å². The van der Waals surface area contributed by atoms with E-state index < -0.39 is 14.9 Å². The zero-order valence-corrected chi connectivity index (χ0v) is 18.5. The van der Waals surface area contributed by atoms with E-state index in [2.05, 4.69) is 11.6 Å². The minimum absolute atomic E-state index is 0.151. The van der Waals surface area contributed by atoms with E-state index in [1.807, 2.05) is 30.3 Å². The van der Waals surface area contributed by atoms with Gasteiger partial charge in [-0.25, -0.2) is 8.42 Å². The largest absolute Gasteiger partial charge is 0.460 e. The second-order valence-corrected chi connectivity index (χ2v) is 10.2. The summed E-state index contributed by atoms with van der Waals surface area (Å²) >= 11 is 0. The summed E-state index contributed by atoms with van der Waals surface area (Å²) in [6.07, 6.45) is 2.82. The fraction of sp³-hybridized carbons (Fsp3) is 0.250. The van der Waals surface area contributed by atoms with Gasteiger partial charge in [0.1, 0.15) is 11.3 Å². The molecule has 0 spiro atoms. The minimum atomic E-state index is -4.05. The van der Waals surface area contributed by atoms with Crippen molar-refractivity contribution in [1.29, 1.82) is 0 Å². The Balaban J connectivity index is 1.68. The number of nitro benzene ring substituents is 1. The molecule has 5 rings (SSSR count). The monoisotopic (exact) mass is 450 g/mol. The van der Waals surface area contributed by atoms with Gasteiger partial charge in [0.25, 0.3) is 15.7 Å². The molecule has 0 amide bonds. The standard InChI is InChI=1S/C24H22N2O5S/c1-14-7-10-23-19(11-14)20-13-21(17-5-3-4-6-18(17)24(20)31-23)25-32(29,30)16-9-8-15(2)22(12-16)26(27)28/h3-6,8-9,12-14,25H,7,10-11H2,1-2H3/t14-/m1/s1. The van der Waals surface area contributed by atoms with Crippen LogP contribution in [-0.2, 0) is 22.9 Å². The topological polar surface area (TPSA) is 102 Å². The predicted molar refractivity (Wildman–Crippen MR) is 124 cm³/mol. The Labute approximate surface area is 185 Å². The summed E-state index contributed by atoms with van der Waals surface area (Å²) in [5, 5.41) is 13.8. The van der Waals surface area contributed by atoms with Gasteiger partial charge in [-0.3, -0.25) is 14.8 Å². The van der Waals surface area contributed by atoms with Crippen LogP contribution in [0.4, 0.5) is 11.4 Å². The molecule has 0 fully saturated rings. The van der Waals surface area contributed by atoms with Crippen molar-refractivity contribution in [3.63, 3.8) is 0 Å². The number of nitrogens with one attached hydrogen (secondary N) is 1. The third-order valence-electron chi connectivity index (χ3n) is 6.23. The first-order valence-corrected chi connectivity index (χ1v) is 12.0. The highest BCUT2D eigenvalue weighted by Gasteiger charge is 2.25. The molecule has 4 aromatic rings. The van der Waals surface area contributed by atoms with E-state index in [0.717, 1.165) is 53.0 Å². The molecule has 164 valence electrons. The van der Waals surface area contributed by atoms with Gasteiger partial charge >= 0.3 is 0 Å². The van der Waals surface area contributed by atoms with E-state index >= 15 is 0 Å². The Kier molecular flexibility index (Phi) is 4.70. The lowest BCUT2D eigenvalue weighted by molar-refractivity contribution is -0.385. The van der Waals surface area contributed by atoms with Crippen LogP contribution in [0.15, 0.2) is 57.8 Å². The first-order chi connectivity index (χ1) is 15.2. The Hall–Kier alpha value is -3.39. The summed E-state index contributed by atoms with van der Waals surface area (Å²) < 4.78 is 35.3. The SMILES string of the molecule is Cc1ccc(S(=O)(=O)Nc2cc3c4c(oc3c3ccccc23)CC[C@@H](C)C4)cc1[N+](=O)[O-].